The predicted octanol–water partition coefficient (Wildman–Crippen LogP) is 0.733. The van der Waals surface area contributed by atoms with Crippen LogP contribution >= 0.6 is 34.8 Å². The van der Waals surface area contributed by atoms with E-state index in [1.807, 2.05) is 0 Å². The van der Waals surface area contributed by atoms with Gasteiger partial charge in [0.1, 0.15) is 6.29 Å². The second-order valence-corrected chi connectivity index (χ2v) is 3.38. The SMILES string of the molecule is O=CC(Cl)(Cl)Cl.O=CCO. The van der Waals surface area contributed by atoms with Gasteiger partial charge in [0.15, 0.2) is 6.29 Å². The molecule has 1 N–H and O–H groups in total. The lowest BCUT2D eigenvalue weighted by Crippen LogP contribution is -2.00. The second kappa shape index (κ2) is 7.28. The number of aliphatic hydroxyl groups is 1. The lowest BCUT2D eigenvalue weighted by atomic mass is 10.9. The molecule has 0 saturated heterocycles. The van der Waals surface area contributed by atoms with Crippen LogP contribution in [0.3, 0.4) is 0 Å². The second-order valence-electron chi connectivity index (χ2n) is 1.01. The van der Waals surface area contributed by atoms with E-state index in [-0.39, 0.29) is 12.9 Å². The van der Waals surface area contributed by atoms with Crippen LogP contribution in [0, 0.1) is 0 Å². The minimum absolute atomic E-state index is 0.234. The Bertz CT molecular complexity index is 98.4. The molecule has 0 rings (SSSR count). The number of alkyl halides is 3. The van der Waals surface area contributed by atoms with Crippen LogP contribution in [0.5, 0.6) is 0 Å². The standard InChI is InChI=1S/C2HCl3O.C2H4O2/c3-2(4,5)1-6;3-1-2-4/h1H;1,4H,2H2. The average molecular weight is 207 g/mol. The third-order valence-electron chi connectivity index (χ3n) is 0.208. The molecule has 0 fully saturated rings. The van der Waals surface area contributed by atoms with E-state index in [1.165, 1.54) is 0 Å². The largest absolute Gasteiger partial charge is 0.389 e. The number of carbonyl (C=O) groups excluding carboxylic acids is 2. The van der Waals surface area contributed by atoms with Gasteiger partial charge in [-0.15, -0.1) is 0 Å². The highest BCUT2D eigenvalue weighted by atomic mass is 35.6. The lowest BCUT2D eigenvalue weighted by Gasteiger charge is -1.93. The Hall–Kier alpha value is 0.170. The summed E-state index contributed by atoms with van der Waals surface area (Å²) in [6, 6.07) is 0. The first-order valence-electron chi connectivity index (χ1n) is 2.05. The van der Waals surface area contributed by atoms with E-state index in [0.29, 0.717) is 6.29 Å². The first kappa shape index (κ1) is 12.8. The first-order valence-corrected chi connectivity index (χ1v) is 3.19. The maximum absolute atomic E-state index is 9.43. The Kier molecular flexibility index (Phi) is 9.33. The van der Waals surface area contributed by atoms with Crippen LogP contribution in [0.1, 0.15) is 0 Å². The van der Waals surface area contributed by atoms with Gasteiger partial charge in [0, 0.05) is 0 Å². The summed E-state index contributed by atoms with van der Waals surface area (Å²) in [5, 5.41) is 7.51. The molecule has 0 aliphatic carbocycles. The third-order valence-corrected chi connectivity index (χ3v) is 0.475. The van der Waals surface area contributed by atoms with Crippen LogP contribution in [0.15, 0.2) is 0 Å². The van der Waals surface area contributed by atoms with Gasteiger partial charge < -0.3 is 9.90 Å². The van der Waals surface area contributed by atoms with Crippen molar-refractivity contribution in [3.63, 3.8) is 0 Å². The van der Waals surface area contributed by atoms with Gasteiger partial charge in [-0.1, -0.05) is 34.8 Å². The summed E-state index contributed by atoms with van der Waals surface area (Å²) in [5.74, 6) is 0. The van der Waals surface area contributed by atoms with Crippen molar-refractivity contribution in [2.75, 3.05) is 6.61 Å². The molecule has 0 bridgehead atoms. The number of rotatable bonds is 1. The van der Waals surface area contributed by atoms with Crippen molar-refractivity contribution in [2.24, 2.45) is 0 Å². The molecule has 60 valence electrons. The van der Waals surface area contributed by atoms with Crippen LogP contribution < -0.4 is 0 Å². The molecule has 0 unspecified atom stereocenters. The fraction of sp³-hybridized carbons (Fsp3) is 0.500. The number of hydrogen-bond acceptors (Lipinski definition) is 3. The van der Waals surface area contributed by atoms with Gasteiger partial charge in [0.2, 0.25) is 3.79 Å². The van der Waals surface area contributed by atoms with Crippen molar-refractivity contribution in [3.05, 3.63) is 0 Å². The normalized spacial score (nSPS) is 9.20. The third kappa shape index (κ3) is 24.2. The van der Waals surface area contributed by atoms with Crippen molar-refractivity contribution in [1.29, 1.82) is 0 Å². The quantitative estimate of drug-likeness (QED) is 0.509. The van der Waals surface area contributed by atoms with E-state index in [4.69, 9.17) is 44.7 Å². The minimum atomic E-state index is -1.72. The Morgan fingerprint density at radius 2 is 1.50 bits per heavy atom. The maximum atomic E-state index is 9.43. The van der Waals surface area contributed by atoms with Gasteiger partial charge >= 0.3 is 0 Å². The highest BCUT2D eigenvalue weighted by molar-refractivity contribution is 6.74. The number of carbonyl (C=O) groups is 2. The van der Waals surface area contributed by atoms with Crippen molar-refractivity contribution in [1.82, 2.24) is 0 Å². The van der Waals surface area contributed by atoms with Gasteiger partial charge in [-0.2, -0.15) is 0 Å². The van der Waals surface area contributed by atoms with Crippen molar-refractivity contribution >= 4 is 47.4 Å². The van der Waals surface area contributed by atoms with Crippen LogP contribution in [0.25, 0.3) is 0 Å². The molecular formula is C4H5Cl3O3. The van der Waals surface area contributed by atoms with Crippen LogP contribution in [0.4, 0.5) is 0 Å². The molecule has 0 saturated carbocycles. The topological polar surface area (TPSA) is 54.4 Å². The Labute approximate surface area is 72.9 Å². The van der Waals surface area contributed by atoms with E-state index < -0.39 is 3.79 Å². The van der Waals surface area contributed by atoms with E-state index in [1.54, 1.807) is 0 Å². The lowest BCUT2D eigenvalue weighted by molar-refractivity contribution is -0.110. The fourth-order valence-corrected chi connectivity index (χ4v) is 0. The van der Waals surface area contributed by atoms with Crippen molar-refractivity contribution in [3.8, 4) is 0 Å². The molecule has 0 heterocycles. The monoisotopic (exact) mass is 206 g/mol. The molecule has 0 aromatic carbocycles. The zero-order chi connectivity index (χ0) is 8.62. The predicted molar refractivity (Wildman–Crippen MR) is 39.5 cm³/mol. The maximum Gasteiger partial charge on any atom is 0.245 e. The molecule has 0 aromatic rings. The zero-order valence-electron chi connectivity index (χ0n) is 4.76. The first-order chi connectivity index (χ1) is 4.47. The Morgan fingerprint density at radius 1 is 1.30 bits per heavy atom. The molecule has 6 heteroatoms. The van der Waals surface area contributed by atoms with Gasteiger partial charge in [-0.3, -0.25) is 4.79 Å². The summed E-state index contributed by atoms with van der Waals surface area (Å²) in [4.78, 5) is 18.4. The summed E-state index contributed by atoms with van der Waals surface area (Å²) in [5.41, 5.74) is 0. The van der Waals surface area contributed by atoms with Gasteiger partial charge in [0.05, 0.1) is 6.61 Å². The number of halogens is 3. The summed E-state index contributed by atoms with van der Waals surface area (Å²) in [6.45, 7) is -0.361. The van der Waals surface area contributed by atoms with Crippen LogP contribution in [-0.2, 0) is 9.59 Å². The van der Waals surface area contributed by atoms with Crippen molar-refractivity contribution in [2.45, 2.75) is 3.79 Å². The molecule has 0 aliphatic rings. The van der Waals surface area contributed by atoms with E-state index in [9.17, 15) is 4.79 Å². The molecule has 0 aromatic heterocycles. The summed E-state index contributed by atoms with van der Waals surface area (Å²) >= 11 is 14.6. The molecular weight excluding hydrogens is 202 g/mol. The fourth-order valence-electron chi connectivity index (χ4n) is 0. The molecule has 10 heavy (non-hydrogen) atoms. The van der Waals surface area contributed by atoms with Gasteiger partial charge in [0.25, 0.3) is 0 Å². The van der Waals surface area contributed by atoms with Gasteiger partial charge in [-0.25, -0.2) is 0 Å². The molecule has 0 aliphatic heterocycles. The zero-order valence-corrected chi connectivity index (χ0v) is 7.03. The Morgan fingerprint density at radius 3 is 1.50 bits per heavy atom. The molecule has 0 amide bonds. The molecule has 0 radical (unpaired) electrons. The minimum Gasteiger partial charge on any atom is -0.389 e. The van der Waals surface area contributed by atoms with E-state index in [0.717, 1.165) is 0 Å². The van der Waals surface area contributed by atoms with Crippen molar-refractivity contribution < 1.29 is 14.7 Å². The molecule has 0 atom stereocenters. The average Bonchev–Trinajstić information content (AvgIpc) is 1.87. The molecule has 0 spiro atoms. The van der Waals surface area contributed by atoms with Crippen LogP contribution in [0.2, 0.25) is 0 Å². The number of aliphatic hydroxyl groups excluding tert-OH is 1. The highest BCUT2D eigenvalue weighted by Crippen LogP contribution is 2.21. The van der Waals surface area contributed by atoms with E-state index in [2.05, 4.69) is 0 Å². The summed E-state index contributed by atoms with van der Waals surface area (Å²) in [7, 11) is 0. The number of hydrogen-bond donors (Lipinski definition) is 1. The summed E-state index contributed by atoms with van der Waals surface area (Å²) < 4.78 is -1.72. The molecule has 3 nitrogen and oxygen atoms in total. The van der Waals surface area contributed by atoms with Crippen LogP contribution in [-0.4, -0.2) is 28.1 Å². The highest BCUT2D eigenvalue weighted by Gasteiger charge is 2.16. The summed E-state index contributed by atoms with van der Waals surface area (Å²) in [6.07, 6.45) is 0.664. The van der Waals surface area contributed by atoms with Gasteiger partial charge in [-0.05, 0) is 0 Å². The smallest absolute Gasteiger partial charge is 0.245 e. The van der Waals surface area contributed by atoms with E-state index >= 15 is 0 Å². The number of aldehydes is 2. The Balaban J connectivity index is 0.